The zero-order valence-corrected chi connectivity index (χ0v) is 22.2. The van der Waals surface area contributed by atoms with Gasteiger partial charge < -0.3 is 42.6 Å². The normalized spacial score (nSPS) is 14.2. The molecule has 39 heavy (non-hydrogen) atoms. The Morgan fingerprint density at radius 2 is 1.59 bits per heavy atom. The molecule has 0 bridgehead atoms. The molecule has 1 aromatic heterocycles. The lowest BCUT2D eigenvalue weighted by Gasteiger charge is -2.26. The Kier molecular flexibility index (Phi) is 12.4. The van der Waals surface area contributed by atoms with Crippen LogP contribution in [0.1, 0.15) is 44.4 Å². The number of nitrogens with one attached hydrogen (secondary N) is 4. The number of carboxylic acid groups (broad SMARTS) is 1. The SMILES string of the molecule is CC(C)C(NC(=O)C(CCCCN)NC(=O)C(Cc1cnc[nH]1)NC(=O)C(N)Cc1ccc(O)cc1)C(=O)O. The molecule has 1 aromatic carbocycles. The van der Waals surface area contributed by atoms with E-state index in [9.17, 15) is 29.4 Å². The molecule has 0 saturated carbocycles. The van der Waals surface area contributed by atoms with E-state index in [4.69, 9.17) is 11.5 Å². The molecule has 4 atom stereocenters. The smallest absolute Gasteiger partial charge is 0.326 e. The first kappa shape index (κ1) is 31.2. The van der Waals surface area contributed by atoms with Crippen LogP contribution in [0, 0.1) is 5.92 Å². The van der Waals surface area contributed by atoms with Gasteiger partial charge in [-0.15, -0.1) is 0 Å². The molecule has 13 heteroatoms. The number of benzene rings is 1. The lowest BCUT2D eigenvalue weighted by Crippen LogP contribution is -2.58. The quantitative estimate of drug-likeness (QED) is 0.128. The second-order valence-electron chi connectivity index (χ2n) is 9.73. The lowest BCUT2D eigenvalue weighted by atomic mass is 10.0. The molecule has 3 amide bonds. The van der Waals surface area contributed by atoms with Gasteiger partial charge in [0.15, 0.2) is 0 Å². The number of amides is 3. The molecular weight excluding hydrogens is 506 g/mol. The molecule has 0 aliphatic rings. The maximum Gasteiger partial charge on any atom is 0.326 e. The van der Waals surface area contributed by atoms with Crippen molar-refractivity contribution >= 4 is 23.7 Å². The van der Waals surface area contributed by atoms with Crippen molar-refractivity contribution < 1.29 is 29.4 Å². The van der Waals surface area contributed by atoms with E-state index >= 15 is 0 Å². The summed E-state index contributed by atoms with van der Waals surface area (Å²) in [6.07, 6.45) is 4.50. The van der Waals surface area contributed by atoms with Crippen molar-refractivity contribution in [3.05, 3.63) is 48.0 Å². The maximum atomic E-state index is 13.4. The molecule has 0 fully saturated rings. The molecule has 0 saturated heterocycles. The zero-order chi connectivity index (χ0) is 28.9. The van der Waals surface area contributed by atoms with Crippen molar-refractivity contribution in [1.29, 1.82) is 0 Å². The minimum absolute atomic E-state index is 0.0460. The van der Waals surface area contributed by atoms with Crippen LogP contribution in [0.15, 0.2) is 36.8 Å². The van der Waals surface area contributed by atoms with Gasteiger partial charge in [0.1, 0.15) is 23.9 Å². The Labute approximate surface area is 227 Å². The largest absolute Gasteiger partial charge is 0.508 e. The highest BCUT2D eigenvalue weighted by atomic mass is 16.4. The summed E-state index contributed by atoms with van der Waals surface area (Å²) < 4.78 is 0. The summed E-state index contributed by atoms with van der Waals surface area (Å²) in [6.45, 7) is 3.72. The van der Waals surface area contributed by atoms with Crippen LogP contribution in [-0.2, 0) is 32.0 Å². The summed E-state index contributed by atoms with van der Waals surface area (Å²) in [6, 6.07) is 1.98. The highest BCUT2D eigenvalue weighted by Crippen LogP contribution is 2.12. The van der Waals surface area contributed by atoms with Crippen molar-refractivity contribution in [3.63, 3.8) is 0 Å². The van der Waals surface area contributed by atoms with Crippen LogP contribution in [0.5, 0.6) is 5.75 Å². The number of unbranched alkanes of at least 4 members (excludes halogenated alkanes) is 1. The van der Waals surface area contributed by atoms with Gasteiger partial charge in [0.05, 0.1) is 12.4 Å². The molecule has 0 radical (unpaired) electrons. The minimum atomic E-state index is -1.18. The van der Waals surface area contributed by atoms with Gasteiger partial charge in [0, 0.05) is 18.3 Å². The highest BCUT2D eigenvalue weighted by molar-refractivity contribution is 5.94. The monoisotopic (exact) mass is 545 g/mol. The Balaban J connectivity index is 2.17. The summed E-state index contributed by atoms with van der Waals surface area (Å²) in [4.78, 5) is 57.8. The number of aromatic nitrogens is 2. The number of hydrogen-bond acceptors (Lipinski definition) is 8. The number of aromatic amines is 1. The Morgan fingerprint density at radius 3 is 2.15 bits per heavy atom. The average Bonchev–Trinajstić information content (AvgIpc) is 3.40. The standard InChI is InChI=1S/C26H39N7O6/c1-15(2)22(26(38)39)33-24(36)20(5-3-4-10-27)31-25(37)21(12-17-13-29-14-30-17)32-23(35)19(28)11-16-6-8-18(34)9-7-16/h6-9,13-15,19-22,34H,3-5,10-12,27-28H2,1-2H3,(H,29,30)(H,31,37)(H,32,35)(H,33,36)(H,38,39). The molecule has 2 rings (SSSR count). The number of rotatable bonds is 16. The topological polar surface area (TPSA) is 226 Å². The van der Waals surface area contributed by atoms with Gasteiger partial charge in [-0.2, -0.15) is 0 Å². The number of nitrogens with zero attached hydrogens (tertiary/aromatic N) is 1. The first-order valence-electron chi connectivity index (χ1n) is 12.9. The number of aliphatic carboxylic acids is 1. The van der Waals surface area contributed by atoms with Gasteiger partial charge in [-0.3, -0.25) is 14.4 Å². The van der Waals surface area contributed by atoms with Gasteiger partial charge in [0.2, 0.25) is 17.7 Å². The fourth-order valence-electron chi connectivity index (χ4n) is 3.88. The van der Waals surface area contributed by atoms with E-state index in [-0.39, 0.29) is 30.9 Å². The van der Waals surface area contributed by atoms with Gasteiger partial charge in [-0.05, 0) is 55.8 Å². The van der Waals surface area contributed by atoms with Crippen molar-refractivity contribution in [2.45, 2.75) is 70.1 Å². The molecule has 4 unspecified atom stereocenters. The number of imidazole rings is 1. The summed E-state index contributed by atoms with van der Waals surface area (Å²) in [5.41, 5.74) is 13.0. The molecule has 214 valence electrons. The van der Waals surface area contributed by atoms with Crippen LogP contribution in [0.2, 0.25) is 0 Å². The number of hydrogen-bond donors (Lipinski definition) is 8. The molecule has 10 N–H and O–H groups in total. The second-order valence-corrected chi connectivity index (χ2v) is 9.73. The first-order valence-corrected chi connectivity index (χ1v) is 12.9. The van der Waals surface area contributed by atoms with Gasteiger partial charge >= 0.3 is 5.97 Å². The molecule has 0 spiro atoms. The van der Waals surface area contributed by atoms with Crippen molar-refractivity contribution in [2.75, 3.05) is 6.54 Å². The fraction of sp³-hybridized carbons (Fsp3) is 0.500. The fourth-order valence-corrected chi connectivity index (χ4v) is 3.88. The highest BCUT2D eigenvalue weighted by Gasteiger charge is 2.31. The number of phenolic OH excluding ortho intramolecular Hbond substituents is 1. The van der Waals surface area contributed by atoms with Crippen LogP contribution in [0.25, 0.3) is 0 Å². The Hall–Kier alpha value is -3.97. The first-order chi connectivity index (χ1) is 18.5. The van der Waals surface area contributed by atoms with E-state index in [0.29, 0.717) is 25.1 Å². The number of carbonyl (C=O) groups excluding carboxylic acids is 3. The molecular formula is C26H39N7O6. The summed E-state index contributed by atoms with van der Waals surface area (Å²) >= 11 is 0. The second kappa shape index (κ2) is 15.4. The molecule has 0 aliphatic carbocycles. The third-order valence-electron chi connectivity index (χ3n) is 6.15. The third kappa shape index (κ3) is 10.4. The van der Waals surface area contributed by atoms with Gasteiger partial charge in [0.25, 0.3) is 0 Å². The summed E-state index contributed by atoms with van der Waals surface area (Å²) in [7, 11) is 0. The van der Waals surface area contributed by atoms with E-state index in [0.717, 1.165) is 5.56 Å². The molecule has 13 nitrogen and oxygen atoms in total. The number of nitrogens with two attached hydrogens (primary N) is 2. The van der Waals surface area contributed by atoms with Crippen LogP contribution in [-0.4, -0.2) is 74.6 Å². The number of carboxylic acids is 1. The Morgan fingerprint density at radius 1 is 0.949 bits per heavy atom. The number of aromatic hydroxyl groups is 1. The zero-order valence-electron chi connectivity index (χ0n) is 22.2. The van der Waals surface area contributed by atoms with E-state index in [1.54, 1.807) is 26.0 Å². The third-order valence-corrected chi connectivity index (χ3v) is 6.15. The van der Waals surface area contributed by atoms with Crippen molar-refractivity contribution in [1.82, 2.24) is 25.9 Å². The van der Waals surface area contributed by atoms with Crippen molar-refractivity contribution in [2.24, 2.45) is 17.4 Å². The van der Waals surface area contributed by atoms with E-state index < -0.39 is 47.9 Å². The summed E-state index contributed by atoms with van der Waals surface area (Å²) in [5, 5.41) is 26.8. The lowest BCUT2D eigenvalue weighted by molar-refractivity contribution is -0.143. The van der Waals surface area contributed by atoms with Crippen molar-refractivity contribution in [3.8, 4) is 5.75 Å². The molecule has 1 heterocycles. The van der Waals surface area contributed by atoms with E-state index in [1.165, 1.54) is 24.7 Å². The van der Waals surface area contributed by atoms with E-state index in [2.05, 4.69) is 25.9 Å². The number of phenols is 1. The maximum absolute atomic E-state index is 13.4. The van der Waals surface area contributed by atoms with Gasteiger partial charge in [-0.1, -0.05) is 26.0 Å². The molecule has 2 aromatic rings. The van der Waals surface area contributed by atoms with Crippen LogP contribution < -0.4 is 27.4 Å². The van der Waals surface area contributed by atoms with Crippen LogP contribution in [0.3, 0.4) is 0 Å². The molecule has 0 aliphatic heterocycles. The van der Waals surface area contributed by atoms with Crippen LogP contribution in [0.4, 0.5) is 0 Å². The van der Waals surface area contributed by atoms with Gasteiger partial charge in [-0.25, -0.2) is 9.78 Å². The summed E-state index contributed by atoms with van der Waals surface area (Å²) in [5.74, 6) is -3.35. The predicted octanol–water partition coefficient (Wildman–Crippen LogP) is -0.448. The van der Waals surface area contributed by atoms with E-state index in [1.807, 2.05) is 0 Å². The minimum Gasteiger partial charge on any atom is -0.508 e. The number of H-pyrrole nitrogens is 1. The van der Waals surface area contributed by atoms with Crippen LogP contribution >= 0.6 is 0 Å². The predicted molar refractivity (Wildman–Crippen MR) is 143 cm³/mol. The average molecular weight is 546 g/mol. The Bertz CT molecular complexity index is 1070. The number of carbonyl (C=O) groups is 4.